The summed E-state index contributed by atoms with van der Waals surface area (Å²) in [5.41, 5.74) is 2.13. The van der Waals surface area contributed by atoms with Gasteiger partial charge in [-0.3, -0.25) is 0 Å². The Morgan fingerprint density at radius 3 is 2.60 bits per heavy atom. The van der Waals surface area contributed by atoms with Crippen molar-refractivity contribution < 1.29 is 9.13 Å². The predicted octanol–water partition coefficient (Wildman–Crippen LogP) is 3.89. The van der Waals surface area contributed by atoms with Gasteiger partial charge in [-0.05, 0) is 36.6 Å². The molecular formula is C17H20FNO. The highest BCUT2D eigenvalue weighted by Crippen LogP contribution is 2.08. The first-order chi connectivity index (χ1) is 9.84. The summed E-state index contributed by atoms with van der Waals surface area (Å²) in [6.07, 6.45) is 2.06. The van der Waals surface area contributed by atoms with E-state index in [-0.39, 0.29) is 5.82 Å². The molecule has 0 saturated heterocycles. The first-order valence-corrected chi connectivity index (χ1v) is 6.96. The van der Waals surface area contributed by atoms with E-state index in [4.69, 9.17) is 4.74 Å². The summed E-state index contributed by atoms with van der Waals surface area (Å²) in [5.74, 6) is -0.223. The highest BCUT2D eigenvalue weighted by Gasteiger charge is 1.95. The van der Waals surface area contributed by atoms with Crippen LogP contribution in [0, 0.1) is 5.82 Å². The molecule has 2 rings (SSSR count). The maximum Gasteiger partial charge on any atom is 0.125 e. The summed E-state index contributed by atoms with van der Waals surface area (Å²) >= 11 is 0. The van der Waals surface area contributed by atoms with Gasteiger partial charge in [0, 0.05) is 18.8 Å². The van der Waals surface area contributed by atoms with E-state index >= 15 is 0 Å². The highest BCUT2D eigenvalue weighted by molar-refractivity contribution is 5.42. The van der Waals surface area contributed by atoms with Crippen LogP contribution in [0.15, 0.2) is 54.6 Å². The van der Waals surface area contributed by atoms with Crippen LogP contribution in [0.1, 0.15) is 12.0 Å². The normalized spacial score (nSPS) is 10.4. The monoisotopic (exact) mass is 273 g/mol. The quantitative estimate of drug-likeness (QED) is 0.737. The summed E-state index contributed by atoms with van der Waals surface area (Å²) in [7, 11) is 0. The molecule has 0 fully saturated rings. The van der Waals surface area contributed by atoms with Gasteiger partial charge >= 0.3 is 0 Å². The lowest BCUT2D eigenvalue weighted by molar-refractivity contribution is 0.141. The standard InChI is InChI=1S/C17H20FNO/c18-16-9-4-10-17(14-16)19-11-13-20-12-5-8-15-6-2-1-3-7-15/h1-4,6-7,9-10,14,19H,5,8,11-13H2. The van der Waals surface area contributed by atoms with Gasteiger partial charge in [-0.1, -0.05) is 36.4 Å². The first kappa shape index (κ1) is 14.5. The van der Waals surface area contributed by atoms with Crippen molar-refractivity contribution in [2.45, 2.75) is 12.8 Å². The number of aryl methyl sites for hydroxylation is 1. The maximum atomic E-state index is 12.9. The largest absolute Gasteiger partial charge is 0.383 e. The molecule has 2 aromatic rings. The van der Waals surface area contributed by atoms with E-state index in [9.17, 15) is 4.39 Å². The second-order valence-corrected chi connectivity index (χ2v) is 4.64. The van der Waals surface area contributed by atoms with Crippen LogP contribution in [0.4, 0.5) is 10.1 Å². The minimum Gasteiger partial charge on any atom is -0.383 e. The predicted molar refractivity (Wildman–Crippen MR) is 80.5 cm³/mol. The zero-order valence-corrected chi connectivity index (χ0v) is 11.5. The smallest absolute Gasteiger partial charge is 0.125 e. The molecule has 0 heterocycles. The molecule has 0 aliphatic heterocycles. The van der Waals surface area contributed by atoms with Crippen molar-refractivity contribution in [3.63, 3.8) is 0 Å². The zero-order valence-electron chi connectivity index (χ0n) is 11.5. The maximum absolute atomic E-state index is 12.9. The molecule has 0 atom stereocenters. The third-order valence-corrected chi connectivity index (χ3v) is 3.00. The van der Waals surface area contributed by atoms with Crippen LogP contribution in [0.3, 0.4) is 0 Å². The third kappa shape index (κ3) is 5.41. The first-order valence-electron chi connectivity index (χ1n) is 6.96. The average molecular weight is 273 g/mol. The Labute approximate surface area is 119 Å². The summed E-state index contributed by atoms with van der Waals surface area (Å²) < 4.78 is 18.5. The van der Waals surface area contributed by atoms with Gasteiger partial charge < -0.3 is 10.1 Å². The number of anilines is 1. The average Bonchev–Trinajstić information content (AvgIpc) is 2.47. The Morgan fingerprint density at radius 1 is 0.950 bits per heavy atom. The van der Waals surface area contributed by atoms with E-state index in [0.29, 0.717) is 13.2 Å². The number of nitrogens with one attached hydrogen (secondary N) is 1. The molecule has 0 saturated carbocycles. The topological polar surface area (TPSA) is 21.3 Å². The van der Waals surface area contributed by atoms with Crippen LogP contribution in [-0.4, -0.2) is 19.8 Å². The molecule has 0 aliphatic carbocycles. The molecule has 20 heavy (non-hydrogen) atoms. The molecule has 106 valence electrons. The van der Waals surface area contributed by atoms with Crippen molar-refractivity contribution >= 4 is 5.69 Å². The molecule has 0 aliphatic rings. The number of hydrogen-bond donors (Lipinski definition) is 1. The van der Waals surface area contributed by atoms with Crippen LogP contribution in [0.5, 0.6) is 0 Å². The number of halogens is 1. The minimum absolute atomic E-state index is 0.223. The van der Waals surface area contributed by atoms with Crippen molar-refractivity contribution in [1.29, 1.82) is 0 Å². The highest BCUT2D eigenvalue weighted by atomic mass is 19.1. The van der Waals surface area contributed by atoms with E-state index in [1.807, 2.05) is 12.1 Å². The molecule has 0 aromatic heterocycles. The van der Waals surface area contributed by atoms with Gasteiger partial charge in [-0.2, -0.15) is 0 Å². The fraction of sp³-hybridized carbons (Fsp3) is 0.294. The summed E-state index contributed by atoms with van der Waals surface area (Å²) in [4.78, 5) is 0. The Bertz CT molecular complexity index is 501. The van der Waals surface area contributed by atoms with E-state index in [1.165, 1.54) is 17.7 Å². The Morgan fingerprint density at radius 2 is 1.80 bits per heavy atom. The Kier molecular flexibility index (Phi) is 6.06. The fourth-order valence-electron chi connectivity index (χ4n) is 1.99. The van der Waals surface area contributed by atoms with Gasteiger partial charge in [0.1, 0.15) is 5.82 Å². The molecule has 3 heteroatoms. The van der Waals surface area contributed by atoms with Gasteiger partial charge in [-0.25, -0.2) is 4.39 Å². The van der Waals surface area contributed by atoms with E-state index in [0.717, 1.165) is 25.1 Å². The number of hydrogen-bond acceptors (Lipinski definition) is 2. The number of benzene rings is 2. The Balaban J connectivity index is 1.52. The lowest BCUT2D eigenvalue weighted by Crippen LogP contribution is -2.10. The molecule has 0 spiro atoms. The minimum atomic E-state index is -0.223. The second-order valence-electron chi connectivity index (χ2n) is 4.64. The zero-order chi connectivity index (χ0) is 14.0. The van der Waals surface area contributed by atoms with Crippen LogP contribution < -0.4 is 5.32 Å². The van der Waals surface area contributed by atoms with Crippen LogP contribution >= 0.6 is 0 Å². The lowest BCUT2D eigenvalue weighted by Gasteiger charge is -2.07. The number of ether oxygens (including phenoxy) is 1. The van der Waals surface area contributed by atoms with E-state index in [2.05, 4.69) is 29.6 Å². The Hall–Kier alpha value is -1.87. The van der Waals surface area contributed by atoms with Gasteiger partial charge in [0.25, 0.3) is 0 Å². The number of rotatable bonds is 8. The molecule has 2 aromatic carbocycles. The molecular weight excluding hydrogens is 253 g/mol. The third-order valence-electron chi connectivity index (χ3n) is 3.00. The lowest BCUT2D eigenvalue weighted by atomic mass is 10.1. The summed E-state index contributed by atoms with van der Waals surface area (Å²) in [6, 6.07) is 16.9. The van der Waals surface area contributed by atoms with Crippen LogP contribution in [-0.2, 0) is 11.2 Å². The molecule has 0 unspecified atom stereocenters. The SMILES string of the molecule is Fc1cccc(NCCOCCCc2ccccc2)c1. The van der Waals surface area contributed by atoms with Gasteiger partial charge in [-0.15, -0.1) is 0 Å². The fourth-order valence-corrected chi connectivity index (χ4v) is 1.99. The van der Waals surface area contributed by atoms with E-state index in [1.54, 1.807) is 6.07 Å². The summed E-state index contributed by atoms with van der Waals surface area (Å²) in [6.45, 7) is 2.07. The van der Waals surface area contributed by atoms with Crippen molar-refractivity contribution in [2.75, 3.05) is 25.1 Å². The van der Waals surface area contributed by atoms with Crippen molar-refractivity contribution in [1.82, 2.24) is 0 Å². The molecule has 2 nitrogen and oxygen atoms in total. The van der Waals surface area contributed by atoms with Crippen LogP contribution in [0.2, 0.25) is 0 Å². The van der Waals surface area contributed by atoms with Crippen molar-refractivity contribution in [3.05, 3.63) is 66.0 Å². The van der Waals surface area contributed by atoms with E-state index < -0.39 is 0 Å². The second kappa shape index (κ2) is 8.33. The van der Waals surface area contributed by atoms with Gasteiger partial charge in [0.15, 0.2) is 0 Å². The molecule has 0 amide bonds. The van der Waals surface area contributed by atoms with Crippen molar-refractivity contribution in [3.8, 4) is 0 Å². The molecule has 1 N–H and O–H groups in total. The summed E-state index contributed by atoms with van der Waals surface area (Å²) in [5, 5.41) is 3.13. The molecule has 0 radical (unpaired) electrons. The molecule has 0 bridgehead atoms. The van der Waals surface area contributed by atoms with Crippen LogP contribution in [0.25, 0.3) is 0 Å². The van der Waals surface area contributed by atoms with Gasteiger partial charge in [0.2, 0.25) is 0 Å². The van der Waals surface area contributed by atoms with Crippen molar-refractivity contribution in [2.24, 2.45) is 0 Å². The van der Waals surface area contributed by atoms with Gasteiger partial charge in [0.05, 0.1) is 6.61 Å².